The van der Waals surface area contributed by atoms with E-state index in [2.05, 4.69) is 11.0 Å². The highest BCUT2D eigenvalue weighted by Crippen LogP contribution is 2.59. The molecule has 2 bridgehead atoms. The van der Waals surface area contributed by atoms with E-state index in [1.165, 1.54) is 12.8 Å². The van der Waals surface area contributed by atoms with Crippen LogP contribution in [-0.2, 0) is 16.6 Å². The zero-order valence-electron chi connectivity index (χ0n) is 14.0. The van der Waals surface area contributed by atoms with Crippen LogP contribution in [-0.4, -0.2) is 45.6 Å². The Kier molecular flexibility index (Phi) is 3.00. The molecule has 4 nitrogen and oxygen atoms in total. The number of piperidine rings is 1. The Labute approximate surface area is 142 Å². The molecule has 3 fully saturated rings. The van der Waals surface area contributed by atoms with Crippen LogP contribution in [0.4, 0.5) is 0 Å². The van der Waals surface area contributed by atoms with Crippen molar-refractivity contribution in [2.75, 3.05) is 13.1 Å². The molecule has 0 unspecified atom stereocenters. The summed E-state index contributed by atoms with van der Waals surface area (Å²) in [4.78, 5) is 14.8. The Morgan fingerprint density at radius 2 is 2.08 bits per heavy atom. The molecule has 3 atom stereocenters. The fourth-order valence-electron chi connectivity index (χ4n) is 5.83. The average Bonchev–Trinajstić information content (AvgIpc) is 3.35. The first-order valence-corrected chi connectivity index (χ1v) is 9.33. The molecule has 5 rings (SSSR count). The predicted octanol–water partition coefficient (Wildman–Crippen LogP) is 2.15. The number of hydrogen-bond acceptors (Lipinski definition) is 4. The third-order valence-electron chi connectivity index (χ3n) is 7.14. The zero-order valence-corrected chi connectivity index (χ0v) is 14.0. The molecule has 1 aliphatic heterocycles. The lowest BCUT2D eigenvalue weighted by Gasteiger charge is -2.63. The van der Waals surface area contributed by atoms with Crippen LogP contribution in [0.2, 0.25) is 0 Å². The Balaban J connectivity index is 1.67. The second-order valence-electron chi connectivity index (χ2n) is 8.44. The maximum Gasteiger partial charge on any atom is 0.134 e. The Morgan fingerprint density at radius 3 is 2.88 bits per heavy atom. The predicted molar refractivity (Wildman–Crippen MR) is 90.0 cm³/mol. The van der Waals surface area contributed by atoms with E-state index < -0.39 is 11.0 Å². The van der Waals surface area contributed by atoms with Gasteiger partial charge in [0.15, 0.2) is 0 Å². The van der Waals surface area contributed by atoms with Crippen LogP contribution in [0.3, 0.4) is 0 Å². The molecule has 0 radical (unpaired) electrons. The van der Waals surface area contributed by atoms with E-state index in [0.717, 1.165) is 43.0 Å². The van der Waals surface area contributed by atoms with E-state index in [1.54, 1.807) is 6.07 Å². The summed E-state index contributed by atoms with van der Waals surface area (Å²) in [7, 11) is 0. The van der Waals surface area contributed by atoms with Crippen molar-refractivity contribution < 1.29 is 15.0 Å². The fourth-order valence-corrected chi connectivity index (χ4v) is 5.83. The summed E-state index contributed by atoms with van der Waals surface area (Å²) in [5, 5.41) is 22.4. The summed E-state index contributed by atoms with van der Waals surface area (Å²) in [5.74, 6) is 1.27. The quantitative estimate of drug-likeness (QED) is 0.874. The molecule has 2 N–H and O–H groups in total. The first-order valence-electron chi connectivity index (χ1n) is 9.33. The number of phenolic OH excluding ortho intramolecular Hbond substituents is 1. The smallest absolute Gasteiger partial charge is 0.134 e. The van der Waals surface area contributed by atoms with Gasteiger partial charge in [-0.1, -0.05) is 12.1 Å². The zero-order chi connectivity index (χ0) is 16.5. The maximum absolute atomic E-state index is 12.3. The number of Topliss-reactive ketones (excluding diaryl/α,β-unsaturated/α-hetero) is 1. The molecule has 0 spiro atoms. The van der Waals surface area contributed by atoms with Gasteiger partial charge in [0.25, 0.3) is 0 Å². The topological polar surface area (TPSA) is 60.8 Å². The van der Waals surface area contributed by atoms with Crippen LogP contribution in [0, 0.1) is 5.92 Å². The number of carbonyl (C=O) groups is 1. The number of nitrogens with zero attached hydrogens (tertiary/aromatic N) is 1. The van der Waals surface area contributed by atoms with Crippen LogP contribution in [0.15, 0.2) is 18.2 Å². The molecule has 128 valence electrons. The molecule has 0 aromatic heterocycles. The highest BCUT2D eigenvalue weighted by molar-refractivity contribution is 5.82. The first-order chi connectivity index (χ1) is 11.5. The highest BCUT2D eigenvalue weighted by Gasteiger charge is 2.65. The normalized spacial score (nSPS) is 38.5. The summed E-state index contributed by atoms with van der Waals surface area (Å²) in [6.07, 6.45) is 5.54. The van der Waals surface area contributed by atoms with Crippen molar-refractivity contribution in [3.63, 3.8) is 0 Å². The van der Waals surface area contributed by atoms with Crippen LogP contribution in [0.5, 0.6) is 5.75 Å². The van der Waals surface area contributed by atoms with Crippen LogP contribution >= 0.6 is 0 Å². The van der Waals surface area contributed by atoms with Gasteiger partial charge in [0.1, 0.15) is 11.5 Å². The lowest BCUT2D eigenvalue weighted by molar-refractivity contribution is -0.173. The molecule has 0 amide bonds. The van der Waals surface area contributed by atoms with Crippen LogP contribution in [0.1, 0.15) is 49.7 Å². The van der Waals surface area contributed by atoms with E-state index in [4.69, 9.17) is 0 Å². The van der Waals surface area contributed by atoms with Gasteiger partial charge in [0, 0.05) is 36.4 Å². The van der Waals surface area contributed by atoms with Crippen molar-refractivity contribution in [2.24, 2.45) is 5.92 Å². The number of aromatic hydroxyl groups is 1. The lowest BCUT2D eigenvalue weighted by atomic mass is 9.49. The fraction of sp³-hybridized carbons (Fsp3) is 0.650. The molecule has 1 aromatic rings. The third kappa shape index (κ3) is 1.84. The summed E-state index contributed by atoms with van der Waals surface area (Å²) in [5.41, 5.74) is 0.508. The summed E-state index contributed by atoms with van der Waals surface area (Å²) < 4.78 is 0. The number of aliphatic hydroxyl groups is 1. The van der Waals surface area contributed by atoms with Crippen molar-refractivity contribution in [3.05, 3.63) is 29.3 Å². The van der Waals surface area contributed by atoms with E-state index in [0.29, 0.717) is 19.3 Å². The number of fused-ring (bicyclic) bond motifs is 1. The molecule has 4 aliphatic rings. The molecule has 1 heterocycles. The number of likely N-dealkylation sites (tertiary alicyclic amines) is 1. The molecule has 3 aliphatic carbocycles. The number of carbonyl (C=O) groups excluding carboxylic acids is 1. The summed E-state index contributed by atoms with van der Waals surface area (Å²) >= 11 is 0. The second kappa shape index (κ2) is 4.83. The molecular formula is C20H25NO3. The lowest BCUT2D eigenvalue weighted by Crippen LogP contribution is -2.73. The van der Waals surface area contributed by atoms with Gasteiger partial charge in [-0.2, -0.15) is 0 Å². The molecule has 24 heavy (non-hydrogen) atoms. The molecular weight excluding hydrogens is 302 g/mol. The number of benzene rings is 1. The molecule has 1 saturated heterocycles. The van der Waals surface area contributed by atoms with Crippen LogP contribution < -0.4 is 0 Å². The molecule has 4 heteroatoms. The van der Waals surface area contributed by atoms with Gasteiger partial charge in [-0.05, 0) is 56.2 Å². The van der Waals surface area contributed by atoms with Gasteiger partial charge in [-0.3, -0.25) is 9.69 Å². The van der Waals surface area contributed by atoms with Gasteiger partial charge >= 0.3 is 0 Å². The van der Waals surface area contributed by atoms with Gasteiger partial charge in [0.2, 0.25) is 0 Å². The second-order valence-corrected chi connectivity index (χ2v) is 8.44. The van der Waals surface area contributed by atoms with E-state index in [9.17, 15) is 15.0 Å². The Hall–Kier alpha value is -1.39. The Bertz CT molecular complexity index is 713. The monoisotopic (exact) mass is 327 g/mol. The summed E-state index contributed by atoms with van der Waals surface area (Å²) in [6.45, 7) is 2.00. The number of phenols is 1. The molecule has 1 aromatic carbocycles. The SMILES string of the molecule is O=C1CC[C@@]2(O)[C@H]3Cc4cccc(O)c4[C@@]2(CCN3CC2CC2)C1. The van der Waals surface area contributed by atoms with E-state index >= 15 is 0 Å². The van der Waals surface area contributed by atoms with Gasteiger partial charge in [-0.25, -0.2) is 0 Å². The van der Waals surface area contributed by atoms with Crippen molar-refractivity contribution in [3.8, 4) is 5.75 Å². The van der Waals surface area contributed by atoms with E-state index in [-0.39, 0.29) is 17.6 Å². The van der Waals surface area contributed by atoms with E-state index in [1.807, 2.05) is 6.07 Å². The van der Waals surface area contributed by atoms with Gasteiger partial charge in [0.05, 0.1) is 5.60 Å². The third-order valence-corrected chi connectivity index (χ3v) is 7.14. The Morgan fingerprint density at radius 1 is 1.25 bits per heavy atom. The van der Waals surface area contributed by atoms with Crippen molar-refractivity contribution in [2.45, 2.75) is 62.0 Å². The molecule has 2 saturated carbocycles. The largest absolute Gasteiger partial charge is 0.508 e. The number of hydrogen-bond donors (Lipinski definition) is 2. The van der Waals surface area contributed by atoms with Crippen molar-refractivity contribution in [1.82, 2.24) is 4.90 Å². The summed E-state index contributed by atoms with van der Waals surface area (Å²) in [6, 6.07) is 5.75. The number of rotatable bonds is 2. The maximum atomic E-state index is 12.3. The van der Waals surface area contributed by atoms with Crippen molar-refractivity contribution in [1.29, 1.82) is 0 Å². The minimum absolute atomic E-state index is 0.0780. The average molecular weight is 327 g/mol. The van der Waals surface area contributed by atoms with Gasteiger partial charge < -0.3 is 10.2 Å². The first kappa shape index (κ1) is 14.9. The number of ketones is 1. The minimum Gasteiger partial charge on any atom is -0.508 e. The van der Waals surface area contributed by atoms with Crippen LogP contribution in [0.25, 0.3) is 0 Å². The minimum atomic E-state index is -0.889. The van der Waals surface area contributed by atoms with Crippen molar-refractivity contribution >= 4 is 5.78 Å². The van der Waals surface area contributed by atoms with Gasteiger partial charge in [-0.15, -0.1) is 0 Å². The highest BCUT2D eigenvalue weighted by atomic mass is 16.3. The standard InChI is InChI=1S/C20H25NO3/c22-15-6-7-20(24)17-10-14-2-1-3-16(23)18(14)19(20,11-15)8-9-21(17)12-13-4-5-13/h1-3,13,17,23-24H,4-12H2/t17-,19-,20-/m1/s1.